The maximum atomic E-state index is 11.9. The van der Waals surface area contributed by atoms with Crippen LogP contribution in [-0.2, 0) is 10.0 Å². The average Bonchev–Trinajstić information content (AvgIpc) is 2.43. The van der Waals surface area contributed by atoms with E-state index >= 15 is 0 Å². The van der Waals surface area contributed by atoms with Gasteiger partial charge >= 0.3 is 0 Å². The van der Waals surface area contributed by atoms with Crippen molar-refractivity contribution < 1.29 is 13.2 Å². The van der Waals surface area contributed by atoms with Crippen molar-refractivity contribution in [3.8, 4) is 0 Å². The first-order chi connectivity index (χ1) is 9.01. The number of amides is 1. The zero-order valence-corrected chi connectivity index (χ0v) is 13.1. The maximum absolute atomic E-state index is 11.9. The molecule has 0 aliphatic rings. The van der Waals surface area contributed by atoms with Crippen LogP contribution in [0.15, 0.2) is 29.2 Å². The van der Waals surface area contributed by atoms with Crippen LogP contribution in [0.4, 0.5) is 0 Å². The van der Waals surface area contributed by atoms with Crippen LogP contribution in [-0.4, -0.2) is 41.5 Å². The summed E-state index contributed by atoms with van der Waals surface area (Å²) in [5.74, 6) is -0.245. The lowest BCUT2D eigenvalue weighted by molar-refractivity contribution is 0.0963. The molecule has 20 heavy (non-hydrogen) atoms. The van der Waals surface area contributed by atoms with Crippen molar-refractivity contribution in [3.63, 3.8) is 0 Å². The van der Waals surface area contributed by atoms with E-state index in [1.165, 1.54) is 31.3 Å². The second kappa shape index (κ2) is 8.91. The largest absolute Gasteiger partial charge is 0.355 e. The van der Waals surface area contributed by atoms with E-state index in [-0.39, 0.29) is 23.2 Å². The summed E-state index contributed by atoms with van der Waals surface area (Å²) in [7, 11) is -0.164. The summed E-state index contributed by atoms with van der Waals surface area (Å²) in [5, 5.41) is 5.42. The molecule has 0 saturated heterocycles. The van der Waals surface area contributed by atoms with Crippen molar-refractivity contribution in [1.29, 1.82) is 0 Å². The number of hydrogen-bond donors (Lipinski definition) is 3. The number of hydrogen-bond acceptors (Lipinski definition) is 4. The number of benzene rings is 1. The zero-order valence-electron chi connectivity index (χ0n) is 11.5. The van der Waals surface area contributed by atoms with Gasteiger partial charge in [-0.15, -0.1) is 12.4 Å². The molecule has 3 N–H and O–H groups in total. The van der Waals surface area contributed by atoms with Crippen LogP contribution in [0.1, 0.15) is 16.8 Å². The Hall–Kier alpha value is -1.15. The summed E-state index contributed by atoms with van der Waals surface area (Å²) in [5.41, 5.74) is 0.427. The van der Waals surface area contributed by atoms with Gasteiger partial charge in [-0.05, 0) is 44.3 Å². The van der Waals surface area contributed by atoms with Gasteiger partial charge in [0.1, 0.15) is 0 Å². The lowest BCUT2D eigenvalue weighted by atomic mass is 10.2. The number of halogens is 1. The third kappa shape index (κ3) is 5.46. The van der Waals surface area contributed by atoms with E-state index in [0.29, 0.717) is 18.5 Å². The molecule has 0 aliphatic heterocycles. The smallest absolute Gasteiger partial charge is 0.251 e. The predicted molar refractivity (Wildman–Crippen MR) is 80.8 cm³/mol. The zero-order chi connectivity index (χ0) is 14.3. The van der Waals surface area contributed by atoms with E-state index in [4.69, 9.17) is 0 Å². The fraction of sp³-hybridized carbons (Fsp3) is 0.417. The lowest BCUT2D eigenvalue weighted by Gasteiger charge is -2.07. The van der Waals surface area contributed by atoms with E-state index in [2.05, 4.69) is 15.4 Å². The van der Waals surface area contributed by atoms with Gasteiger partial charge in [0.15, 0.2) is 0 Å². The van der Waals surface area contributed by atoms with Crippen LogP contribution >= 0.6 is 12.4 Å². The first-order valence-corrected chi connectivity index (χ1v) is 7.46. The van der Waals surface area contributed by atoms with Crippen molar-refractivity contribution >= 4 is 28.3 Å². The molecule has 8 heteroatoms. The highest BCUT2D eigenvalue weighted by molar-refractivity contribution is 7.89. The molecular formula is C12H20ClN3O3S. The Morgan fingerprint density at radius 3 is 2.20 bits per heavy atom. The van der Waals surface area contributed by atoms with Crippen LogP contribution < -0.4 is 15.4 Å². The van der Waals surface area contributed by atoms with Gasteiger partial charge in [0.05, 0.1) is 4.90 Å². The Morgan fingerprint density at radius 2 is 1.70 bits per heavy atom. The Kier molecular flexibility index (Phi) is 8.40. The number of sulfonamides is 1. The van der Waals surface area contributed by atoms with Crippen molar-refractivity contribution in [2.45, 2.75) is 11.3 Å². The molecule has 1 aromatic carbocycles. The van der Waals surface area contributed by atoms with E-state index in [1.807, 2.05) is 7.05 Å². The first-order valence-electron chi connectivity index (χ1n) is 5.97. The normalized spacial score (nSPS) is 10.7. The quantitative estimate of drug-likeness (QED) is 0.633. The van der Waals surface area contributed by atoms with Crippen molar-refractivity contribution in [2.24, 2.45) is 0 Å². The van der Waals surface area contributed by atoms with Crippen LogP contribution in [0.5, 0.6) is 0 Å². The molecule has 0 aromatic heterocycles. The molecule has 0 atom stereocenters. The summed E-state index contributed by atoms with van der Waals surface area (Å²) in [6, 6.07) is 5.82. The standard InChI is InChI=1S/C12H19N3O3S.ClH/c1-13-8-3-9-15-19(17,18)11-6-4-10(5-7-11)12(16)14-2;/h4-7,13,15H,3,8-9H2,1-2H3,(H,14,16);1H. The van der Waals surface area contributed by atoms with E-state index in [0.717, 1.165) is 6.54 Å². The van der Waals surface area contributed by atoms with Crippen molar-refractivity contribution in [1.82, 2.24) is 15.4 Å². The number of carbonyl (C=O) groups is 1. The number of rotatable bonds is 7. The Morgan fingerprint density at radius 1 is 1.10 bits per heavy atom. The SMILES string of the molecule is CNCCCNS(=O)(=O)c1ccc(C(=O)NC)cc1.Cl. The van der Waals surface area contributed by atoms with Gasteiger partial charge < -0.3 is 10.6 Å². The van der Waals surface area contributed by atoms with Crippen molar-refractivity contribution in [3.05, 3.63) is 29.8 Å². The molecule has 0 bridgehead atoms. The third-order valence-corrected chi connectivity index (χ3v) is 4.03. The molecule has 1 aromatic rings. The average molecular weight is 322 g/mol. The summed E-state index contributed by atoms with van der Waals surface area (Å²) in [6.45, 7) is 1.12. The van der Waals surface area contributed by atoms with Crippen LogP contribution in [0, 0.1) is 0 Å². The maximum Gasteiger partial charge on any atom is 0.251 e. The van der Waals surface area contributed by atoms with E-state index in [1.54, 1.807) is 0 Å². The number of nitrogens with one attached hydrogen (secondary N) is 3. The fourth-order valence-electron chi connectivity index (χ4n) is 1.48. The van der Waals surface area contributed by atoms with Crippen LogP contribution in [0.3, 0.4) is 0 Å². The Bertz CT molecular complexity index is 517. The van der Waals surface area contributed by atoms with Crippen LogP contribution in [0.2, 0.25) is 0 Å². The molecule has 1 amide bonds. The summed E-state index contributed by atoms with van der Waals surface area (Å²) >= 11 is 0. The minimum atomic E-state index is -3.50. The molecule has 0 radical (unpaired) electrons. The molecular weight excluding hydrogens is 302 g/mol. The van der Waals surface area contributed by atoms with Gasteiger partial charge in [0, 0.05) is 19.2 Å². The molecule has 0 heterocycles. The third-order valence-electron chi connectivity index (χ3n) is 2.55. The Labute approximate surface area is 125 Å². The molecule has 0 unspecified atom stereocenters. The summed E-state index contributed by atoms with van der Waals surface area (Å²) in [6.07, 6.45) is 0.714. The van der Waals surface area contributed by atoms with Gasteiger partial charge in [-0.1, -0.05) is 0 Å². The summed E-state index contributed by atoms with van der Waals surface area (Å²) < 4.78 is 26.3. The molecule has 0 spiro atoms. The summed E-state index contributed by atoms with van der Waals surface area (Å²) in [4.78, 5) is 11.5. The van der Waals surface area contributed by atoms with Gasteiger partial charge in [-0.3, -0.25) is 4.79 Å². The van der Waals surface area contributed by atoms with Crippen LogP contribution in [0.25, 0.3) is 0 Å². The lowest BCUT2D eigenvalue weighted by Crippen LogP contribution is -2.27. The van der Waals surface area contributed by atoms with Gasteiger partial charge in [-0.25, -0.2) is 13.1 Å². The second-order valence-corrected chi connectivity index (χ2v) is 5.73. The Balaban J connectivity index is 0.00000361. The second-order valence-electron chi connectivity index (χ2n) is 3.96. The molecule has 0 aliphatic carbocycles. The highest BCUT2D eigenvalue weighted by Gasteiger charge is 2.13. The van der Waals surface area contributed by atoms with Crippen molar-refractivity contribution in [2.75, 3.05) is 27.2 Å². The molecule has 114 valence electrons. The molecule has 0 saturated carbocycles. The molecule has 6 nitrogen and oxygen atoms in total. The molecule has 1 rings (SSSR count). The van der Waals surface area contributed by atoms with Gasteiger partial charge in [0.2, 0.25) is 10.0 Å². The predicted octanol–water partition coefficient (Wildman–Crippen LogP) is 0.356. The highest BCUT2D eigenvalue weighted by Crippen LogP contribution is 2.10. The highest BCUT2D eigenvalue weighted by atomic mass is 35.5. The van der Waals surface area contributed by atoms with Gasteiger partial charge in [0.25, 0.3) is 5.91 Å². The molecule has 0 fully saturated rings. The van der Waals surface area contributed by atoms with Gasteiger partial charge in [-0.2, -0.15) is 0 Å². The fourth-order valence-corrected chi connectivity index (χ4v) is 2.56. The van der Waals surface area contributed by atoms with E-state index < -0.39 is 10.0 Å². The minimum absolute atomic E-state index is 0. The minimum Gasteiger partial charge on any atom is -0.355 e. The van der Waals surface area contributed by atoms with E-state index in [9.17, 15) is 13.2 Å². The topological polar surface area (TPSA) is 87.3 Å². The first kappa shape index (κ1) is 18.9. The monoisotopic (exact) mass is 321 g/mol. The number of carbonyl (C=O) groups excluding carboxylic acids is 1.